The van der Waals surface area contributed by atoms with Crippen molar-refractivity contribution in [1.29, 1.82) is 5.41 Å². The maximum atomic E-state index is 12.7. The third-order valence-electron chi connectivity index (χ3n) is 5.11. The summed E-state index contributed by atoms with van der Waals surface area (Å²) < 4.78 is 0. The standard InChI is InChI=1S/C24H21ClN4O2/c25-18-10-12-19(13-11-18)27-24(31)20-4-1-2-5-21(20)28-23(30)17-8-6-16(7-9-17)22(26)29-14-3-15-29/h1-2,4-13,26H,3,14-15H2,(H,27,31)(H,28,30). The fourth-order valence-electron chi connectivity index (χ4n) is 3.22. The molecule has 156 valence electrons. The summed E-state index contributed by atoms with van der Waals surface area (Å²) >= 11 is 5.88. The zero-order valence-electron chi connectivity index (χ0n) is 16.7. The molecule has 1 heterocycles. The van der Waals surface area contributed by atoms with E-state index in [0.29, 0.717) is 33.4 Å². The highest BCUT2D eigenvalue weighted by Crippen LogP contribution is 2.20. The van der Waals surface area contributed by atoms with E-state index in [9.17, 15) is 9.59 Å². The zero-order valence-corrected chi connectivity index (χ0v) is 17.4. The molecule has 7 heteroatoms. The van der Waals surface area contributed by atoms with E-state index < -0.39 is 0 Å². The van der Waals surface area contributed by atoms with Gasteiger partial charge in [-0.3, -0.25) is 15.0 Å². The van der Waals surface area contributed by atoms with E-state index in [1.165, 1.54) is 0 Å². The molecule has 0 aromatic heterocycles. The average molecular weight is 433 g/mol. The zero-order chi connectivity index (χ0) is 21.8. The summed E-state index contributed by atoms with van der Waals surface area (Å²) in [4.78, 5) is 27.5. The van der Waals surface area contributed by atoms with Crippen LogP contribution >= 0.6 is 11.6 Å². The van der Waals surface area contributed by atoms with Gasteiger partial charge in [0.15, 0.2) is 0 Å². The van der Waals surface area contributed by atoms with Gasteiger partial charge in [0.25, 0.3) is 11.8 Å². The Morgan fingerprint density at radius 3 is 2.10 bits per heavy atom. The molecule has 0 bridgehead atoms. The molecule has 1 aliphatic heterocycles. The molecule has 0 unspecified atom stereocenters. The number of benzene rings is 3. The van der Waals surface area contributed by atoms with Gasteiger partial charge >= 0.3 is 0 Å². The highest BCUT2D eigenvalue weighted by atomic mass is 35.5. The predicted octanol–water partition coefficient (Wildman–Crippen LogP) is 4.88. The summed E-state index contributed by atoms with van der Waals surface area (Å²) in [5.41, 5.74) is 2.60. The van der Waals surface area contributed by atoms with Crippen molar-refractivity contribution in [1.82, 2.24) is 4.90 Å². The van der Waals surface area contributed by atoms with Crippen molar-refractivity contribution in [3.8, 4) is 0 Å². The lowest BCUT2D eigenvalue weighted by molar-refractivity contribution is 0.102. The molecule has 3 aromatic carbocycles. The summed E-state index contributed by atoms with van der Waals surface area (Å²) in [5, 5.41) is 14.4. The fraction of sp³-hybridized carbons (Fsp3) is 0.125. The summed E-state index contributed by atoms with van der Waals surface area (Å²) in [5.74, 6) is -0.187. The topological polar surface area (TPSA) is 85.3 Å². The molecule has 0 aliphatic carbocycles. The molecule has 3 N–H and O–H groups in total. The number of para-hydroxylation sites is 1. The van der Waals surface area contributed by atoms with Crippen molar-refractivity contribution >= 4 is 40.6 Å². The van der Waals surface area contributed by atoms with Crippen molar-refractivity contribution < 1.29 is 9.59 Å². The van der Waals surface area contributed by atoms with Gasteiger partial charge in [-0.05, 0) is 55.0 Å². The van der Waals surface area contributed by atoms with Gasteiger partial charge in [0, 0.05) is 34.9 Å². The normalized spacial score (nSPS) is 12.6. The van der Waals surface area contributed by atoms with Crippen molar-refractivity contribution in [3.63, 3.8) is 0 Å². The van der Waals surface area contributed by atoms with Gasteiger partial charge in [-0.1, -0.05) is 35.9 Å². The second-order valence-electron chi connectivity index (χ2n) is 7.23. The number of likely N-dealkylation sites (tertiary alicyclic amines) is 1. The molecule has 0 saturated carbocycles. The Labute approximate surface area is 185 Å². The number of carbonyl (C=O) groups is 2. The number of hydrogen-bond donors (Lipinski definition) is 3. The van der Waals surface area contributed by atoms with Crippen LogP contribution in [0.1, 0.15) is 32.7 Å². The smallest absolute Gasteiger partial charge is 0.257 e. The van der Waals surface area contributed by atoms with Crippen LogP contribution in [0.5, 0.6) is 0 Å². The van der Waals surface area contributed by atoms with Crippen LogP contribution in [0.25, 0.3) is 0 Å². The number of rotatable bonds is 5. The number of carbonyl (C=O) groups excluding carboxylic acids is 2. The van der Waals surface area contributed by atoms with Gasteiger partial charge < -0.3 is 15.5 Å². The number of halogens is 1. The number of hydrogen-bond acceptors (Lipinski definition) is 3. The molecular weight excluding hydrogens is 412 g/mol. The minimum atomic E-state index is -0.337. The van der Waals surface area contributed by atoms with Crippen LogP contribution in [0.3, 0.4) is 0 Å². The number of nitrogens with one attached hydrogen (secondary N) is 3. The number of amides is 2. The highest BCUT2D eigenvalue weighted by Gasteiger charge is 2.19. The number of amidine groups is 1. The molecule has 31 heavy (non-hydrogen) atoms. The Bertz CT molecular complexity index is 1120. The van der Waals surface area contributed by atoms with Crippen LogP contribution in [-0.2, 0) is 0 Å². The van der Waals surface area contributed by atoms with Crippen LogP contribution in [-0.4, -0.2) is 35.6 Å². The van der Waals surface area contributed by atoms with Crippen LogP contribution in [0.15, 0.2) is 72.8 Å². The number of nitrogens with zero attached hydrogens (tertiary/aromatic N) is 1. The quantitative estimate of drug-likeness (QED) is 0.397. The predicted molar refractivity (Wildman–Crippen MR) is 123 cm³/mol. The molecule has 6 nitrogen and oxygen atoms in total. The summed E-state index contributed by atoms with van der Waals surface area (Å²) in [7, 11) is 0. The van der Waals surface area contributed by atoms with Crippen molar-refractivity contribution in [2.45, 2.75) is 6.42 Å². The monoisotopic (exact) mass is 432 g/mol. The van der Waals surface area contributed by atoms with Crippen molar-refractivity contribution in [2.24, 2.45) is 0 Å². The maximum absolute atomic E-state index is 12.7. The third-order valence-corrected chi connectivity index (χ3v) is 5.37. The molecule has 0 radical (unpaired) electrons. The van der Waals surface area contributed by atoms with Gasteiger partial charge in [0.1, 0.15) is 5.84 Å². The van der Waals surface area contributed by atoms with E-state index in [1.807, 2.05) is 4.90 Å². The Morgan fingerprint density at radius 2 is 1.45 bits per heavy atom. The van der Waals surface area contributed by atoms with E-state index in [-0.39, 0.29) is 11.8 Å². The molecular formula is C24H21ClN4O2. The lowest BCUT2D eigenvalue weighted by Crippen LogP contribution is -2.42. The Balaban J connectivity index is 1.46. The SMILES string of the molecule is N=C(c1ccc(C(=O)Nc2ccccc2C(=O)Nc2ccc(Cl)cc2)cc1)N1CCC1. The Morgan fingerprint density at radius 1 is 0.806 bits per heavy atom. The largest absolute Gasteiger partial charge is 0.356 e. The van der Waals surface area contributed by atoms with E-state index in [0.717, 1.165) is 25.1 Å². The second kappa shape index (κ2) is 9.02. The average Bonchev–Trinajstić information content (AvgIpc) is 2.74. The molecule has 1 aliphatic rings. The van der Waals surface area contributed by atoms with Gasteiger partial charge in [0.2, 0.25) is 0 Å². The summed E-state index contributed by atoms with van der Waals surface area (Å²) in [6.07, 6.45) is 1.11. The lowest BCUT2D eigenvalue weighted by atomic mass is 10.1. The maximum Gasteiger partial charge on any atom is 0.257 e. The Hall–Kier alpha value is -3.64. The summed E-state index contributed by atoms with van der Waals surface area (Å²) in [6.45, 7) is 1.80. The molecule has 2 amide bonds. The van der Waals surface area contributed by atoms with Crippen LogP contribution < -0.4 is 10.6 Å². The summed E-state index contributed by atoms with van der Waals surface area (Å²) in [6, 6.07) is 20.6. The van der Waals surface area contributed by atoms with Gasteiger partial charge in [-0.2, -0.15) is 0 Å². The molecule has 3 aromatic rings. The van der Waals surface area contributed by atoms with E-state index >= 15 is 0 Å². The van der Waals surface area contributed by atoms with E-state index in [4.69, 9.17) is 17.0 Å². The molecule has 1 fully saturated rings. The molecule has 4 rings (SSSR count). The third kappa shape index (κ3) is 4.75. The first-order valence-corrected chi connectivity index (χ1v) is 10.3. The Kier molecular flexibility index (Phi) is 6.00. The van der Waals surface area contributed by atoms with Crippen molar-refractivity contribution in [3.05, 3.63) is 94.5 Å². The molecule has 0 atom stereocenters. The molecule has 0 spiro atoms. The van der Waals surface area contributed by atoms with Crippen LogP contribution in [0, 0.1) is 5.41 Å². The highest BCUT2D eigenvalue weighted by molar-refractivity contribution is 6.30. The lowest BCUT2D eigenvalue weighted by Gasteiger charge is -2.33. The van der Waals surface area contributed by atoms with Gasteiger partial charge in [0.05, 0.1) is 11.3 Å². The molecule has 1 saturated heterocycles. The van der Waals surface area contributed by atoms with Gasteiger partial charge in [-0.25, -0.2) is 0 Å². The van der Waals surface area contributed by atoms with Crippen molar-refractivity contribution in [2.75, 3.05) is 23.7 Å². The van der Waals surface area contributed by atoms with Gasteiger partial charge in [-0.15, -0.1) is 0 Å². The first-order valence-electron chi connectivity index (χ1n) is 9.92. The number of anilines is 2. The minimum absolute atomic E-state index is 0.325. The minimum Gasteiger partial charge on any atom is -0.356 e. The first kappa shape index (κ1) is 20.6. The van der Waals surface area contributed by atoms with E-state index in [1.54, 1.807) is 72.8 Å². The van der Waals surface area contributed by atoms with Crippen LogP contribution in [0.2, 0.25) is 5.02 Å². The second-order valence-corrected chi connectivity index (χ2v) is 7.66. The fourth-order valence-corrected chi connectivity index (χ4v) is 3.34. The van der Waals surface area contributed by atoms with Crippen LogP contribution in [0.4, 0.5) is 11.4 Å². The van der Waals surface area contributed by atoms with E-state index in [2.05, 4.69) is 10.6 Å². The first-order chi connectivity index (χ1) is 15.0.